The number of nitriles is 1. The van der Waals surface area contributed by atoms with Gasteiger partial charge in [0.15, 0.2) is 6.29 Å². The van der Waals surface area contributed by atoms with Gasteiger partial charge in [-0.2, -0.15) is 5.26 Å². The molecule has 1 saturated heterocycles. The van der Waals surface area contributed by atoms with Crippen LogP contribution in [-0.4, -0.2) is 19.0 Å². The van der Waals surface area contributed by atoms with Crippen molar-refractivity contribution in [1.29, 1.82) is 5.26 Å². The summed E-state index contributed by atoms with van der Waals surface area (Å²) in [5.41, 5.74) is 1.72. The van der Waals surface area contributed by atoms with Crippen molar-refractivity contribution in [3.05, 3.63) is 29.3 Å². The first-order valence-electron chi connectivity index (χ1n) is 5.75. The minimum absolute atomic E-state index is 0.273. The molecule has 0 bridgehead atoms. The monoisotopic (exact) mass is 249 g/mol. The zero-order valence-corrected chi connectivity index (χ0v) is 10.6. The van der Waals surface area contributed by atoms with Crippen molar-refractivity contribution in [2.75, 3.05) is 19.0 Å². The highest BCUT2D eigenvalue weighted by atomic mass is 32.2. The fraction of sp³-hybridized carbons (Fsp3) is 0.462. The average Bonchev–Trinajstić information content (AvgIpc) is 2.40. The van der Waals surface area contributed by atoms with Crippen LogP contribution in [0.3, 0.4) is 0 Å². The fourth-order valence-corrected chi connectivity index (χ4v) is 2.60. The minimum Gasteiger partial charge on any atom is -0.348 e. The number of benzene rings is 1. The van der Waals surface area contributed by atoms with Crippen LogP contribution >= 0.6 is 11.8 Å². The third-order valence-corrected chi connectivity index (χ3v) is 3.48. The molecule has 1 fully saturated rings. The van der Waals surface area contributed by atoms with Crippen molar-refractivity contribution in [3.63, 3.8) is 0 Å². The average molecular weight is 249 g/mol. The van der Waals surface area contributed by atoms with Crippen molar-refractivity contribution in [2.45, 2.75) is 24.5 Å². The van der Waals surface area contributed by atoms with Crippen LogP contribution in [0.4, 0.5) is 0 Å². The van der Waals surface area contributed by atoms with E-state index in [0.29, 0.717) is 5.56 Å². The highest BCUT2D eigenvalue weighted by molar-refractivity contribution is 7.99. The van der Waals surface area contributed by atoms with E-state index in [0.717, 1.165) is 35.8 Å². The third kappa shape index (κ3) is 3.01. The number of nitrogens with zero attached hydrogens (tertiary/aromatic N) is 1. The van der Waals surface area contributed by atoms with Crippen molar-refractivity contribution in [3.8, 4) is 6.07 Å². The molecule has 0 amide bonds. The van der Waals surface area contributed by atoms with Crippen LogP contribution in [0.2, 0.25) is 0 Å². The van der Waals surface area contributed by atoms with Gasteiger partial charge >= 0.3 is 0 Å². The Bertz CT molecular complexity index is 422. The van der Waals surface area contributed by atoms with Crippen LogP contribution in [0.15, 0.2) is 23.1 Å². The van der Waals surface area contributed by atoms with Gasteiger partial charge < -0.3 is 9.47 Å². The zero-order chi connectivity index (χ0) is 12.1. The van der Waals surface area contributed by atoms with E-state index < -0.39 is 0 Å². The summed E-state index contributed by atoms with van der Waals surface area (Å²) in [6, 6.07) is 7.82. The Hall–Kier alpha value is -1.02. The maximum absolute atomic E-state index is 8.91. The molecule has 17 heavy (non-hydrogen) atoms. The number of hydrogen-bond acceptors (Lipinski definition) is 4. The largest absolute Gasteiger partial charge is 0.348 e. The van der Waals surface area contributed by atoms with Crippen molar-refractivity contribution in [1.82, 2.24) is 0 Å². The van der Waals surface area contributed by atoms with E-state index in [1.807, 2.05) is 18.2 Å². The topological polar surface area (TPSA) is 42.2 Å². The molecule has 0 spiro atoms. The first kappa shape index (κ1) is 12.4. The predicted octanol–water partition coefficient (Wildman–Crippen LogP) is 3.11. The molecule has 3 nitrogen and oxygen atoms in total. The molecule has 2 rings (SSSR count). The summed E-state index contributed by atoms with van der Waals surface area (Å²) in [7, 11) is 0. The summed E-state index contributed by atoms with van der Waals surface area (Å²) < 4.78 is 11.2. The summed E-state index contributed by atoms with van der Waals surface area (Å²) in [5.74, 6) is 0.967. The Morgan fingerprint density at radius 1 is 1.41 bits per heavy atom. The fourth-order valence-electron chi connectivity index (χ4n) is 1.75. The normalized spacial score (nSPS) is 16.7. The quantitative estimate of drug-likeness (QED) is 0.772. The summed E-state index contributed by atoms with van der Waals surface area (Å²) in [6.45, 7) is 3.57. The van der Waals surface area contributed by atoms with Gasteiger partial charge in [0.1, 0.15) is 0 Å². The van der Waals surface area contributed by atoms with Crippen LogP contribution in [-0.2, 0) is 9.47 Å². The number of ether oxygens (including phenoxy) is 2. The zero-order valence-electron chi connectivity index (χ0n) is 9.81. The van der Waals surface area contributed by atoms with E-state index in [9.17, 15) is 0 Å². The molecule has 4 heteroatoms. The summed E-state index contributed by atoms with van der Waals surface area (Å²) in [4.78, 5) is 1.08. The Balaban J connectivity index is 2.28. The van der Waals surface area contributed by atoms with Gasteiger partial charge in [0, 0.05) is 10.5 Å². The molecule has 0 aromatic heterocycles. The molecule has 0 N–H and O–H groups in total. The molecule has 0 radical (unpaired) electrons. The van der Waals surface area contributed by atoms with Gasteiger partial charge in [0.25, 0.3) is 0 Å². The second-order valence-electron chi connectivity index (χ2n) is 3.72. The minimum atomic E-state index is -0.273. The van der Waals surface area contributed by atoms with Crippen LogP contribution in [0.1, 0.15) is 30.8 Å². The van der Waals surface area contributed by atoms with Crippen molar-refractivity contribution in [2.24, 2.45) is 0 Å². The van der Waals surface area contributed by atoms with Gasteiger partial charge in [0.05, 0.1) is 24.8 Å². The maximum Gasteiger partial charge on any atom is 0.184 e. The molecule has 90 valence electrons. The Labute approximate surface area is 106 Å². The van der Waals surface area contributed by atoms with Crippen LogP contribution < -0.4 is 0 Å². The SMILES string of the molecule is CCSc1cc(C#N)ccc1C1OCCCO1. The van der Waals surface area contributed by atoms with E-state index in [1.54, 1.807) is 11.8 Å². The molecule has 0 atom stereocenters. The second kappa shape index (κ2) is 6.06. The van der Waals surface area contributed by atoms with Gasteiger partial charge in [-0.1, -0.05) is 13.0 Å². The summed E-state index contributed by atoms with van der Waals surface area (Å²) >= 11 is 1.71. The van der Waals surface area contributed by atoms with Gasteiger partial charge in [-0.25, -0.2) is 0 Å². The van der Waals surface area contributed by atoms with E-state index >= 15 is 0 Å². The first-order chi connectivity index (χ1) is 8.35. The van der Waals surface area contributed by atoms with Crippen LogP contribution in [0, 0.1) is 11.3 Å². The lowest BCUT2D eigenvalue weighted by molar-refractivity contribution is -0.184. The molecule has 0 saturated carbocycles. The lowest BCUT2D eigenvalue weighted by atomic mass is 10.1. The van der Waals surface area contributed by atoms with Crippen LogP contribution in [0.5, 0.6) is 0 Å². The molecule has 1 aromatic rings. The molecule has 1 aromatic carbocycles. The number of hydrogen-bond donors (Lipinski definition) is 0. The van der Waals surface area contributed by atoms with E-state index in [2.05, 4.69) is 13.0 Å². The summed E-state index contributed by atoms with van der Waals surface area (Å²) in [5, 5.41) is 8.91. The third-order valence-electron chi connectivity index (χ3n) is 2.52. The lowest BCUT2D eigenvalue weighted by Crippen LogP contribution is -2.18. The highest BCUT2D eigenvalue weighted by Crippen LogP contribution is 2.32. The Kier molecular flexibility index (Phi) is 4.43. The van der Waals surface area contributed by atoms with Gasteiger partial charge in [-0.3, -0.25) is 0 Å². The number of thioether (sulfide) groups is 1. The Morgan fingerprint density at radius 2 is 2.18 bits per heavy atom. The van der Waals surface area contributed by atoms with Gasteiger partial charge in [-0.15, -0.1) is 11.8 Å². The number of rotatable bonds is 3. The van der Waals surface area contributed by atoms with Gasteiger partial charge in [-0.05, 0) is 24.3 Å². The van der Waals surface area contributed by atoms with Crippen molar-refractivity contribution >= 4 is 11.8 Å². The first-order valence-corrected chi connectivity index (χ1v) is 6.73. The van der Waals surface area contributed by atoms with Crippen molar-refractivity contribution < 1.29 is 9.47 Å². The summed E-state index contributed by atoms with van der Waals surface area (Å²) in [6.07, 6.45) is 0.675. The van der Waals surface area contributed by atoms with E-state index in [1.165, 1.54) is 0 Å². The van der Waals surface area contributed by atoms with Crippen LogP contribution in [0.25, 0.3) is 0 Å². The van der Waals surface area contributed by atoms with Gasteiger partial charge in [0.2, 0.25) is 0 Å². The molecule has 1 aliphatic heterocycles. The lowest BCUT2D eigenvalue weighted by Gasteiger charge is -2.25. The molecular weight excluding hydrogens is 234 g/mol. The maximum atomic E-state index is 8.91. The molecule has 1 heterocycles. The standard InChI is InChI=1S/C13H15NO2S/c1-2-17-12-8-10(9-14)4-5-11(12)13-15-6-3-7-16-13/h4-5,8,13H,2-3,6-7H2,1H3. The molecule has 0 aliphatic carbocycles. The second-order valence-corrected chi connectivity index (χ2v) is 5.03. The molecular formula is C13H15NO2S. The molecule has 1 aliphatic rings. The van der Waals surface area contributed by atoms with E-state index in [-0.39, 0.29) is 6.29 Å². The predicted molar refractivity (Wildman–Crippen MR) is 66.8 cm³/mol. The van der Waals surface area contributed by atoms with E-state index in [4.69, 9.17) is 14.7 Å². The highest BCUT2D eigenvalue weighted by Gasteiger charge is 2.20. The molecule has 0 unspecified atom stereocenters. The Morgan fingerprint density at radius 3 is 2.82 bits per heavy atom. The smallest absolute Gasteiger partial charge is 0.184 e.